The van der Waals surface area contributed by atoms with E-state index < -0.39 is 40.3 Å². The Morgan fingerprint density at radius 2 is 1.79 bits per heavy atom. The summed E-state index contributed by atoms with van der Waals surface area (Å²) in [5.41, 5.74) is 4.98. The van der Waals surface area contributed by atoms with Gasteiger partial charge in [-0.1, -0.05) is 17.7 Å². The molecule has 0 radical (unpaired) electrons. The summed E-state index contributed by atoms with van der Waals surface area (Å²) in [7, 11) is -1.66. The van der Waals surface area contributed by atoms with Crippen LogP contribution < -0.4 is 10.5 Å². The first-order valence-electron chi connectivity index (χ1n) is 8.92. The summed E-state index contributed by atoms with van der Waals surface area (Å²) in [5.74, 6) is -0.830. The normalized spacial score (nSPS) is 14.8. The summed E-state index contributed by atoms with van der Waals surface area (Å²) in [5, 5.41) is 20.2. The highest BCUT2D eigenvalue weighted by atomic mass is 35.7. The maximum absolute atomic E-state index is 12.2. The number of aromatic hydroxyl groups is 1. The van der Waals surface area contributed by atoms with Crippen molar-refractivity contribution in [1.29, 1.82) is 0 Å². The third-order valence-electron chi connectivity index (χ3n) is 4.28. The minimum Gasteiger partial charge on any atom is -0.504 e. The van der Waals surface area contributed by atoms with Gasteiger partial charge in [-0.2, -0.15) is 4.31 Å². The molecule has 1 heterocycles. The lowest BCUT2D eigenvalue weighted by atomic mass is 10.3. The molecule has 2 aromatic rings. The van der Waals surface area contributed by atoms with Crippen molar-refractivity contribution in [2.24, 2.45) is 0 Å². The highest BCUT2D eigenvalue weighted by molar-refractivity contribution is 8.13. The molecule has 12 nitrogen and oxygen atoms in total. The molecular formula is C17H19Cl2N3O9S2. The molecule has 0 saturated carbocycles. The van der Waals surface area contributed by atoms with Gasteiger partial charge in [0.1, 0.15) is 9.79 Å². The van der Waals surface area contributed by atoms with Crippen LogP contribution in [-0.2, 0) is 23.8 Å². The van der Waals surface area contributed by atoms with Crippen LogP contribution in [0.15, 0.2) is 40.1 Å². The number of methoxy groups -OCH3 is 1. The molecule has 182 valence electrons. The molecule has 1 aliphatic rings. The van der Waals surface area contributed by atoms with Crippen LogP contribution in [-0.4, -0.2) is 64.6 Å². The molecule has 3 rings (SSSR count). The zero-order valence-electron chi connectivity index (χ0n) is 17.0. The number of morpholine rings is 1. The molecule has 1 fully saturated rings. The number of rotatable bonds is 5. The molecule has 1 aliphatic heterocycles. The Balaban J connectivity index is 0.000000234. The van der Waals surface area contributed by atoms with E-state index in [2.05, 4.69) is 4.74 Å². The van der Waals surface area contributed by atoms with Crippen LogP contribution in [0.3, 0.4) is 0 Å². The lowest BCUT2D eigenvalue weighted by Crippen LogP contribution is -2.40. The number of phenolic OH excluding ortho intramolecular Hbond substituents is 1. The van der Waals surface area contributed by atoms with E-state index in [9.17, 15) is 32.1 Å². The topological polar surface area (TPSA) is 179 Å². The molecule has 16 heteroatoms. The SMILES string of the molecule is COc1c([N+](=O)[O-])cc(Cl)cc1S(=O)(=O)Cl.Nc1cccc(S(=O)(=O)N2CCOCC2)c1O. The monoisotopic (exact) mass is 543 g/mol. The minimum atomic E-state index is -4.17. The Kier molecular flexibility index (Phi) is 8.73. The summed E-state index contributed by atoms with van der Waals surface area (Å²) in [4.78, 5) is 9.15. The number of halogens is 2. The third-order valence-corrected chi connectivity index (χ3v) is 7.76. The van der Waals surface area contributed by atoms with Gasteiger partial charge < -0.3 is 20.3 Å². The zero-order chi connectivity index (χ0) is 25.0. The second-order valence-electron chi connectivity index (χ2n) is 6.36. The predicted octanol–water partition coefficient (Wildman–Crippen LogP) is 2.18. The zero-order valence-corrected chi connectivity index (χ0v) is 20.1. The van der Waals surface area contributed by atoms with Crippen LogP contribution in [0, 0.1) is 10.1 Å². The van der Waals surface area contributed by atoms with Gasteiger partial charge in [0.25, 0.3) is 9.05 Å². The van der Waals surface area contributed by atoms with Crippen molar-refractivity contribution in [3.05, 3.63) is 45.5 Å². The molecule has 0 aromatic heterocycles. The number of nitrogen functional groups attached to an aromatic ring is 1. The number of anilines is 1. The van der Waals surface area contributed by atoms with Crippen LogP contribution >= 0.6 is 22.3 Å². The van der Waals surface area contributed by atoms with Crippen molar-refractivity contribution in [1.82, 2.24) is 4.31 Å². The number of para-hydroxylation sites is 1. The van der Waals surface area contributed by atoms with Gasteiger partial charge in [0.2, 0.25) is 15.8 Å². The van der Waals surface area contributed by atoms with Gasteiger partial charge >= 0.3 is 5.69 Å². The second-order valence-corrected chi connectivity index (χ2v) is 11.2. The van der Waals surface area contributed by atoms with Crippen LogP contribution in [0.4, 0.5) is 11.4 Å². The average Bonchev–Trinajstić information content (AvgIpc) is 2.75. The lowest BCUT2D eigenvalue weighted by molar-refractivity contribution is -0.386. The fraction of sp³-hybridized carbons (Fsp3) is 0.294. The highest BCUT2D eigenvalue weighted by Gasteiger charge is 2.29. The van der Waals surface area contributed by atoms with E-state index in [-0.39, 0.29) is 34.4 Å². The summed E-state index contributed by atoms with van der Waals surface area (Å²) in [6.07, 6.45) is 0. The number of nitrogens with zero attached hydrogens (tertiary/aromatic N) is 2. The van der Waals surface area contributed by atoms with E-state index in [1.165, 1.54) is 22.5 Å². The standard InChI is InChI=1S/C10H14N2O4S.C7H5Cl2NO5S/c11-8-2-1-3-9(10(8)13)17(14,15)12-4-6-16-7-5-12;1-15-7-5(10(11)12)2-4(8)3-6(7)16(9,13)14/h1-3,13H,4-7,11H2;2-3H,1H3. The molecule has 3 N–H and O–H groups in total. The van der Waals surface area contributed by atoms with Crippen molar-refractivity contribution in [3.8, 4) is 11.5 Å². The van der Waals surface area contributed by atoms with Gasteiger partial charge in [-0.25, -0.2) is 16.8 Å². The highest BCUT2D eigenvalue weighted by Crippen LogP contribution is 2.38. The first-order chi connectivity index (χ1) is 15.3. The van der Waals surface area contributed by atoms with Crippen molar-refractivity contribution >= 4 is 52.7 Å². The largest absolute Gasteiger partial charge is 0.504 e. The second kappa shape index (κ2) is 10.7. The number of nitro benzene ring substituents is 1. The molecule has 0 aliphatic carbocycles. The summed E-state index contributed by atoms with van der Waals surface area (Å²) in [6.45, 7) is 1.30. The van der Waals surface area contributed by atoms with Gasteiger partial charge in [0, 0.05) is 34.9 Å². The number of hydrogen-bond acceptors (Lipinski definition) is 10. The molecule has 0 amide bonds. The summed E-state index contributed by atoms with van der Waals surface area (Å²) >= 11 is 5.55. The van der Waals surface area contributed by atoms with Crippen molar-refractivity contribution < 1.29 is 36.3 Å². The van der Waals surface area contributed by atoms with E-state index in [1.807, 2.05) is 0 Å². The molecule has 0 bridgehead atoms. The Labute approximate surface area is 199 Å². The van der Waals surface area contributed by atoms with Crippen LogP contribution in [0.1, 0.15) is 0 Å². The number of sulfonamides is 1. The van der Waals surface area contributed by atoms with Crippen LogP contribution in [0.25, 0.3) is 0 Å². The first kappa shape index (κ1) is 26.9. The van der Waals surface area contributed by atoms with Gasteiger partial charge in [0.05, 0.1) is 30.9 Å². The fourth-order valence-corrected chi connectivity index (χ4v) is 5.57. The number of benzene rings is 2. The molecule has 33 heavy (non-hydrogen) atoms. The molecule has 0 unspecified atom stereocenters. The molecule has 0 spiro atoms. The van der Waals surface area contributed by atoms with Gasteiger partial charge in [0.15, 0.2) is 5.75 Å². The van der Waals surface area contributed by atoms with Crippen molar-refractivity contribution in [2.75, 3.05) is 39.1 Å². The maximum Gasteiger partial charge on any atom is 0.313 e. The average molecular weight is 544 g/mol. The molecular weight excluding hydrogens is 525 g/mol. The number of hydrogen-bond donors (Lipinski definition) is 2. The summed E-state index contributed by atoms with van der Waals surface area (Å²) in [6, 6.07) is 6.26. The Bertz CT molecular complexity index is 1250. The predicted molar refractivity (Wildman–Crippen MR) is 120 cm³/mol. The summed E-state index contributed by atoms with van der Waals surface area (Å²) < 4.78 is 57.7. The van der Waals surface area contributed by atoms with Crippen molar-refractivity contribution in [3.63, 3.8) is 0 Å². The third kappa shape index (κ3) is 6.37. The van der Waals surface area contributed by atoms with Crippen molar-refractivity contribution in [2.45, 2.75) is 9.79 Å². The van der Waals surface area contributed by atoms with E-state index in [1.54, 1.807) is 0 Å². The minimum absolute atomic E-state index is 0.0549. The number of phenols is 1. The Hall–Kier alpha value is -2.36. The fourth-order valence-electron chi connectivity index (χ4n) is 2.75. The quantitative estimate of drug-likeness (QED) is 0.186. The molecule has 1 saturated heterocycles. The maximum atomic E-state index is 12.2. The Morgan fingerprint density at radius 1 is 1.18 bits per heavy atom. The smallest absolute Gasteiger partial charge is 0.313 e. The molecule has 0 atom stereocenters. The van der Waals surface area contributed by atoms with Gasteiger partial charge in [-0.05, 0) is 18.2 Å². The van der Waals surface area contributed by atoms with E-state index in [0.29, 0.717) is 13.2 Å². The van der Waals surface area contributed by atoms with Crippen LogP contribution in [0.5, 0.6) is 11.5 Å². The van der Waals surface area contributed by atoms with E-state index >= 15 is 0 Å². The van der Waals surface area contributed by atoms with E-state index in [4.69, 9.17) is 32.8 Å². The first-order valence-corrected chi connectivity index (χ1v) is 13.1. The lowest BCUT2D eigenvalue weighted by Gasteiger charge is -2.26. The Morgan fingerprint density at radius 3 is 2.30 bits per heavy atom. The number of nitrogens with two attached hydrogens (primary N) is 1. The van der Waals surface area contributed by atoms with E-state index in [0.717, 1.165) is 19.2 Å². The number of nitro groups is 1. The van der Waals surface area contributed by atoms with Gasteiger partial charge in [-0.3, -0.25) is 10.1 Å². The van der Waals surface area contributed by atoms with Gasteiger partial charge in [-0.15, -0.1) is 0 Å². The molecule has 2 aromatic carbocycles. The number of ether oxygens (including phenoxy) is 2. The van der Waals surface area contributed by atoms with Crippen LogP contribution in [0.2, 0.25) is 5.02 Å².